The predicted molar refractivity (Wildman–Crippen MR) is 52.6 cm³/mol. The normalized spacial score (nSPS) is 31.3. The van der Waals surface area contributed by atoms with Crippen molar-refractivity contribution in [2.75, 3.05) is 6.54 Å². The Balaban J connectivity index is 1.96. The van der Waals surface area contributed by atoms with E-state index in [4.69, 9.17) is 0 Å². The first-order chi connectivity index (χ1) is 6.26. The summed E-state index contributed by atoms with van der Waals surface area (Å²) in [6, 6.07) is 0.183. The van der Waals surface area contributed by atoms with Gasteiger partial charge < -0.3 is 5.32 Å². The fourth-order valence-corrected chi connectivity index (χ4v) is 2.90. The summed E-state index contributed by atoms with van der Waals surface area (Å²) in [4.78, 5) is 11.5. The van der Waals surface area contributed by atoms with E-state index in [1.54, 1.807) is 0 Å². The second-order valence-corrected chi connectivity index (χ2v) is 4.66. The van der Waals surface area contributed by atoms with Crippen LogP contribution in [0.4, 0.5) is 0 Å². The number of Topliss-reactive ketones (excluding diaryl/α,β-unsaturated/α-hetero) is 1. The molecule has 1 saturated heterocycles. The zero-order valence-corrected chi connectivity index (χ0v) is 8.44. The molecule has 2 aliphatic rings. The zero-order chi connectivity index (χ0) is 9.31. The van der Waals surface area contributed by atoms with Crippen LogP contribution in [0.25, 0.3) is 0 Å². The summed E-state index contributed by atoms with van der Waals surface area (Å²) in [5.41, 5.74) is 0.509. The number of carbonyl (C=O) groups is 1. The number of nitrogens with one attached hydrogen (secondary N) is 1. The average molecular weight is 181 g/mol. The van der Waals surface area contributed by atoms with Crippen LogP contribution in [-0.4, -0.2) is 18.4 Å². The van der Waals surface area contributed by atoms with Gasteiger partial charge in [-0.05, 0) is 24.7 Å². The highest BCUT2D eigenvalue weighted by atomic mass is 16.1. The van der Waals surface area contributed by atoms with Crippen LogP contribution in [0.5, 0.6) is 0 Å². The number of rotatable bonds is 2. The van der Waals surface area contributed by atoms with Gasteiger partial charge in [0.1, 0.15) is 5.78 Å². The smallest absolute Gasteiger partial charge is 0.149 e. The van der Waals surface area contributed by atoms with Gasteiger partial charge in [0, 0.05) is 13.0 Å². The summed E-state index contributed by atoms with van der Waals surface area (Å²) in [7, 11) is 0. The molecule has 2 rings (SSSR count). The molecule has 1 aliphatic carbocycles. The van der Waals surface area contributed by atoms with Crippen molar-refractivity contribution in [1.29, 1.82) is 0 Å². The highest BCUT2D eigenvalue weighted by Gasteiger charge is 2.42. The van der Waals surface area contributed by atoms with Gasteiger partial charge >= 0.3 is 0 Å². The van der Waals surface area contributed by atoms with Crippen molar-refractivity contribution in [2.45, 2.75) is 51.5 Å². The van der Waals surface area contributed by atoms with Gasteiger partial charge in [0.2, 0.25) is 0 Å². The monoisotopic (exact) mass is 181 g/mol. The predicted octanol–water partition coefficient (Wildman–Crippen LogP) is 1.89. The minimum atomic E-state index is 0.183. The molecule has 0 aromatic rings. The molecular formula is C11H19NO. The first-order valence-electron chi connectivity index (χ1n) is 5.52. The molecule has 1 heterocycles. The van der Waals surface area contributed by atoms with Crippen molar-refractivity contribution < 1.29 is 4.79 Å². The van der Waals surface area contributed by atoms with Gasteiger partial charge in [-0.1, -0.05) is 19.8 Å². The largest absolute Gasteiger partial charge is 0.307 e. The summed E-state index contributed by atoms with van der Waals surface area (Å²) in [6.45, 7) is 3.05. The van der Waals surface area contributed by atoms with E-state index in [-0.39, 0.29) is 6.04 Å². The van der Waals surface area contributed by atoms with Crippen LogP contribution in [0, 0.1) is 5.41 Å². The Morgan fingerprint density at radius 2 is 2.15 bits per heavy atom. The first-order valence-corrected chi connectivity index (χ1v) is 5.52. The second kappa shape index (κ2) is 3.41. The second-order valence-electron chi connectivity index (χ2n) is 4.66. The highest BCUT2D eigenvalue weighted by Crippen LogP contribution is 2.44. The molecule has 1 saturated carbocycles. The van der Waals surface area contributed by atoms with E-state index in [1.807, 2.05) is 6.92 Å². The molecule has 13 heavy (non-hydrogen) atoms. The third-order valence-electron chi connectivity index (χ3n) is 3.76. The lowest BCUT2D eigenvalue weighted by molar-refractivity contribution is -0.120. The lowest BCUT2D eigenvalue weighted by Crippen LogP contribution is -2.29. The van der Waals surface area contributed by atoms with Gasteiger partial charge in [0.25, 0.3) is 0 Å². The van der Waals surface area contributed by atoms with Gasteiger partial charge in [0.05, 0.1) is 6.04 Å². The van der Waals surface area contributed by atoms with E-state index in [1.165, 1.54) is 25.7 Å². The molecule has 0 amide bonds. The number of hydrogen-bond donors (Lipinski definition) is 1. The van der Waals surface area contributed by atoms with Crippen LogP contribution in [0.3, 0.4) is 0 Å². The highest BCUT2D eigenvalue weighted by molar-refractivity contribution is 5.84. The molecular weight excluding hydrogens is 162 g/mol. The lowest BCUT2D eigenvalue weighted by Gasteiger charge is -2.20. The summed E-state index contributed by atoms with van der Waals surface area (Å²) in [6.07, 6.45) is 7.22. The molecule has 2 heteroatoms. The lowest BCUT2D eigenvalue weighted by atomic mass is 9.83. The SMILES string of the molecule is CCC(=O)[C@@H]1CC2(CCCC2)CN1. The standard InChI is InChI=1S/C11H19NO/c1-2-10(13)9-7-11(8-12-9)5-3-4-6-11/h9,12H,2-8H2,1H3/t9-/m0/s1. The van der Waals surface area contributed by atoms with Crippen LogP contribution in [0.2, 0.25) is 0 Å². The van der Waals surface area contributed by atoms with Gasteiger partial charge in [-0.25, -0.2) is 0 Å². The Morgan fingerprint density at radius 1 is 1.46 bits per heavy atom. The first kappa shape index (κ1) is 9.20. The van der Waals surface area contributed by atoms with Crippen LogP contribution in [0.15, 0.2) is 0 Å². The van der Waals surface area contributed by atoms with E-state index in [2.05, 4.69) is 5.32 Å². The molecule has 0 unspecified atom stereocenters. The summed E-state index contributed by atoms with van der Waals surface area (Å²) in [5.74, 6) is 0.406. The van der Waals surface area contributed by atoms with E-state index in [9.17, 15) is 4.79 Å². The van der Waals surface area contributed by atoms with Crippen molar-refractivity contribution >= 4 is 5.78 Å². The maximum atomic E-state index is 11.5. The summed E-state index contributed by atoms with van der Waals surface area (Å²) in [5, 5.41) is 3.39. The molecule has 0 bridgehead atoms. The van der Waals surface area contributed by atoms with Crippen LogP contribution in [0.1, 0.15) is 45.4 Å². The Hall–Kier alpha value is -0.370. The molecule has 0 aromatic carbocycles. The van der Waals surface area contributed by atoms with Crippen molar-refractivity contribution in [3.63, 3.8) is 0 Å². The Kier molecular flexibility index (Phi) is 2.41. The zero-order valence-electron chi connectivity index (χ0n) is 8.44. The van der Waals surface area contributed by atoms with E-state index < -0.39 is 0 Å². The third kappa shape index (κ3) is 1.64. The minimum Gasteiger partial charge on any atom is -0.307 e. The molecule has 1 atom stereocenters. The fraction of sp³-hybridized carbons (Fsp3) is 0.909. The topological polar surface area (TPSA) is 29.1 Å². The van der Waals surface area contributed by atoms with Crippen molar-refractivity contribution in [1.82, 2.24) is 5.32 Å². The minimum absolute atomic E-state index is 0.183. The molecule has 1 spiro atoms. The van der Waals surface area contributed by atoms with E-state index in [0.29, 0.717) is 17.6 Å². The Labute approximate surface area is 80.1 Å². The quantitative estimate of drug-likeness (QED) is 0.705. The van der Waals surface area contributed by atoms with E-state index in [0.717, 1.165) is 13.0 Å². The van der Waals surface area contributed by atoms with Crippen molar-refractivity contribution in [3.8, 4) is 0 Å². The van der Waals surface area contributed by atoms with Crippen LogP contribution in [-0.2, 0) is 4.79 Å². The molecule has 1 N–H and O–H groups in total. The molecule has 0 aromatic heterocycles. The average Bonchev–Trinajstić information content (AvgIpc) is 2.76. The Morgan fingerprint density at radius 3 is 2.77 bits per heavy atom. The number of carbonyl (C=O) groups excluding carboxylic acids is 1. The van der Waals surface area contributed by atoms with Crippen LogP contribution >= 0.6 is 0 Å². The Bertz CT molecular complexity index is 206. The maximum Gasteiger partial charge on any atom is 0.149 e. The molecule has 0 radical (unpaired) electrons. The van der Waals surface area contributed by atoms with Crippen molar-refractivity contribution in [3.05, 3.63) is 0 Å². The van der Waals surface area contributed by atoms with Crippen LogP contribution < -0.4 is 5.32 Å². The third-order valence-corrected chi connectivity index (χ3v) is 3.76. The summed E-state index contributed by atoms with van der Waals surface area (Å²) >= 11 is 0. The van der Waals surface area contributed by atoms with Gasteiger partial charge in [-0.2, -0.15) is 0 Å². The molecule has 1 aliphatic heterocycles. The summed E-state index contributed by atoms with van der Waals surface area (Å²) < 4.78 is 0. The molecule has 2 fully saturated rings. The van der Waals surface area contributed by atoms with Gasteiger partial charge in [0.15, 0.2) is 0 Å². The van der Waals surface area contributed by atoms with Gasteiger partial charge in [-0.15, -0.1) is 0 Å². The fourth-order valence-electron chi connectivity index (χ4n) is 2.90. The van der Waals surface area contributed by atoms with E-state index >= 15 is 0 Å². The molecule has 74 valence electrons. The number of ketones is 1. The number of hydrogen-bond acceptors (Lipinski definition) is 2. The van der Waals surface area contributed by atoms with Crippen molar-refractivity contribution in [2.24, 2.45) is 5.41 Å². The van der Waals surface area contributed by atoms with Gasteiger partial charge in [-0.3, -0.25) is 4.79 Å². The maximum absolute atomic E-state index is 11.5. The molecule has 2 nitrogen and oxygen atoms in total.